The van der Waals surface area contributed by atoms with Crippen molar-refractivity contribution in [2.24, 2.45) is 13.0 Å². The normalized spacial score (nSPS) is 17.2. The predicted octanol–water partition coefficient (Wildman–Crippen LogP) is 2.31. The first-order valence-corrected chi connectivity index (χ1v) is 7.59. The Hall–Kier alpha value is -2.97. The van der Waals surface area contributed by atoms with E-state index in [0.29, 0.717) is 24.7 Å². The van der Waals surface area contributed by atoms with Crippen molar-refractivity contribution in [3.8, 4) is 0 Å². The minimum atomic E-state index is -0.619. The molecule has 1 aromatic heterocycles. The molecule has 24 heavy (non-hydrogen) atoms. The van der Waals surface area contributed by atoms with Crippen molar-refractivity contribution in [2.75, 3.05) is 18.0 Å². The van der Waals surface area contributed by atoms with Gasteiger partial charge in [0.2, 0.25) is 0 Å². The van der Waals surface area contributed by atoms with Gasteiger partial charge in [-0.3, -0.25) is 24.9 Å². The summed E-state index contributed by atoms with van der Waals surface area (Å²) < 4.78 is 1.75. The van der Waals surface area contributed by atoms with Crippen molar-refractivity contribution in [3.05, 3.63) is 56.4 Å². The Morgan fingerprint density at radius 2 is 2.08 bits per heavy atom. The average Bonchev–Trinajstić information content (AvgIpc) is 3.16. The minimum absolute atomic E-state index is 0.216. The summed E-state index contributed by atoms with van der Waals surface area (Å²) in [5.74, 6) is 0.379. The van der Waals surface area contributed by atoms with Crippen LogP contribution in [0.5, 0.6) is 0 Å². The van der Waals surface area contributed by atoms with E-state index in [4.69, 9.17) is 0 Å². The lowest BCUT2D eigenvalue weighted by atomic mass is 10.0. The number of aryl methyl sites for hydroxylation is 1. The fourth-order valence-electron chi connectivity index (χ4n) is 3.17. The van der Waals surface area contributed by atoms with E-state index >= 15 is 0 Å². The molecule has 2 heterocycles. The molecule has 9 nitrogen and oxygen atoms in total. The van der Waals surface area contributed by atoms with E-state index in [-0.39, 0.29) is 11.4 Å². The van der Waals surface area contributed by atoms with E-state index in [0.717, 1.165) is 24.5 Å². The topological polar surface area (TPSA) is 107 Å². The molecular formula is C15H17N5O4. The molecule has 1 unspecified atom stereocenters. The third kappa shape index (κ3) is 3.19. The van der Waals surface area contributed by atoms with Crippen LogP contribution in [0.2, 0.25) is 0 Å². The van der Waals surface area contributed by atoms with Gasteiger partial charge in [0.05, 0.1) is 22.1 Å². The second-order valence-electron chi connectivity index (χ2n) is 6.01. The van der Waals surface area contributed by atoms with Crippen LogP contribution in [0.15, 0.2) is 30.6 Å². The number of non-ortho nitro benzene ring substituents is 1. The second-order valence-corrected chi connectivity index (χ2v) is 6.01. The zero-order valence-corrected chi connectivity index (χ0v) is 13.2. The lowest BCUT2D eigenvalue weighted by Crippen LogP contribution is -2.21. The molecule has 0 aliphatic carbocycles. The highest BCUT2D eigenvalue weighted by molar-refractivity contribution is 5.67. The number of rotatable bonds is 5. The molecule has 9 heteroatoms. The zero-order valence-electron chi connectivity index (χ0n) is 13.2. The molecule has 0 N–H and O–H groups in total. The van der Waals surface area contributed by atoms with Crippen molar-refractivity contribution < 1.29 is 9.85 Å². The Kier molecular flexibility index (Phi) is 4.15. The van der Waals surface area contributed by atoms with Gasteiger partial charge in [-0.2, -0.15) is 5.10 Å². The molecule has 1 saturated heterocycles. The second kappa shape index (κ2) is 6.26. The molecule has 0 spiro atoms. The van der Waals surface area contributed by atoms with Crippen molar-refractivity contribution in [1.29, 1.82) is 0 Å². The van der Waals surface area contributed by atoms with E-state index in [1.54, 1.807) is 4.68 Å². The first-order valence-electron chi connectivity index (χ1n) is 7.59. The largest absolute Gasteiger partial charge is 0.366 e. The van der Waals surface area contributed by atoms with Gasteiger partial charge in [-0.15, -0.1) is 0 Å². The zero-order chi connectivity index (χ0) is 17.3. The van der Waals surface area contributed by atoms with Crippen LogP contribution in [0.25, 0.3) is 0 Å². The van der Waals surface area contributed by atoms with Crippen molar-refractivity contribution in [2.45, 2.75) is 12.8 Å². The molecular weight excluding hydrogens is 314 g/mol. The maximum Gasteiger partial charge on any atom is 0.299 e. The van der Waals surface area contributed by atoms with Gasteiger partial charge in [-0.05, 0) is 30.4 Å². The summed E-state index contributed by atoms with van der Waals surface area (Å²) in [5.41, 5.74) is 1.10. The molecule has 1 aromatic carbocycles. The molecule has 0 saturated carbocycles. The SMILES string of the molecule is Cn1cc(CC2CCN(c3ccc([N+](=O)[O-])cc3[N+](=O)[O-])C2)cn1. The monoisotopic (exact) mass is 331 g/mol. The molecule has 1 atom stereocenters. The summed E-state index contributed by atoms with van der Waals surface area (Å²) in [7, 11) is 1.87. The van der Waals surface area contributed by atoms with Crippen LogP contribution < -0.4 is 4.90 Å². The van der Waals surface area contributed by atoms with Gasteiger partial charge >= 0.3 is 0 Å². The molecule has 1 aliphatic rings. The number of aromatic nitrogens is 2. The molecule has 0 radical (unpaired) electrons. The highest BCUT2D eigenvalue weighted by atomic mass is 16.6. The van der Waals surface area contributed by atoms with E-state index in [2.05, 4.69) is 5.10 Å². The molecule has 1 aliphatic heterocycles. The van der Waals surface area contributed by atoms with Crippen molar-refractivity contribution in [3.63, 3.8) is 0 Å². The van der Waals surface area contributed by atoms with Gasteiger partial charge < -0.3 is 4.90 Å². The molecule has 3 rings (SSSR count). The Morgan fingerprint density at radius 1 is 1.29 bits per heavy atom. The molecule has 126 valence electrons. The first-order chi connectivity index (χ1) is 11.4. The van der Waals surface area contributed by atoms with Crippen LogP contribution in [0.4, 0.5) is 17.1 Å². The summed E-state index contributed by atoms with van der Waals surface area (Å²) in [6.45, 7) is 1.39. The highest BCUT2D eigenvalue weighted by Gasteiger charge is 2.29. The fourth-order valence-corrected chi connectivity index (χ4v) is 3.17. The summed E-state index contributed by atoms with van der Waals surface area (Å²) >= 11 is 0. The minimum Gasteiger partial charge on any atom is -0.366 e. The Morgan fingerprint density at radius 3 is 2.71 bits per heavy atom. The number of nitrogens with zero attached hydrogens (tertiary/aromatic N) is 5. The van der Waals surface area contributed by atoms with Crippen LogP contribution in [-0.2, 0) is 13.5 Å². The number of benzene rings is 1. The Labute approximate surface area is 137 Å². The van der Waals surface area contributed by atoms with Crippen LogP contribution in [-0.4, -0.2) is 32.7 Å². The standard InChI is InChI=1S/C15H17N5O4/c1-17-9-12(8-16-17)6-11-4-5-18(10-11)14-3-2-13(19(21)22)7-15(14)20(23)24/h2-3,7-9,11H,4-6,10H2,1H3. The van der Waals surface area contributed by atoms with Gasteiger partial charge in [-0.25, -0.2) is 0 Å². The highest BCUT2D eigenvalue weighted by Crippen LogP contribution is 2.35. The number of nitro groups is 2. The summed E-state index contributed by atoms with van der Waals surface area (Å²) in [6, 6.07) is 3.82. The van der Waals surface area contributed by atoms with Crippen LogP contribution in [0.1, 0.15) is 12.0 Å². The maximum absolute atomic E-state index is 11.3. The van der Waals surface area contributed by atoms with Crippen LogP contribution >= 0.6 is 0 Å². The fraction of sp³-hybridized carbons (Fsp3) is 0.400. The van der Waals surface area contributed by atoms with Crippen LogP contribution in [0, 0.1) is 26.1 Å². The number of hydrogen-bond acceptors (Lipinski definition) is 6. The van der Waals surface area contributed by atoms with Crippen molar-refractivity contribution in [1.82, 2.24) is 9.78 Å². The molecule has 1 fully saturated rings. The number of nitro benzene ring substituents is 2. The number of hydrogen-bond donors (Lipinski definition) is 0. The molecule has 2 aromatic rings. The van der Waals surface area contributed by atoms with Gasteiger partial charge in [-0.1, -0.05) is 0 Å². The van der Waals surface area contributed by atoms with Gasteiger partial charge in [0.25, 0.3) is 11.4 Å². The first kappa shape index (κ1) is 15.9. The summed E-state index contributed by atoms with van der Waals surface area (Å²) in [5, 5.41) is 26.3. The van der Waals surface area contributed by atoms with Crippen LogP contribution in [0.3, 0.4) is 0 Å². The summed E-state index contributed by atoms with van der Waals surface area (Å²) in [6.07, 6.45) is 5.59. The van der Waals surface area contributed by atoms with E-state index in [1.807, 2.05) is 24.3 Å². The Bertz CT molecular complexity index is 788. The molecule has 0 amide bonds. The number of anilines is 1. The van der Waals surface area contributed by atoms with E-state index in [9.17, 15) is 20.2 Å². The average molecular weight is 331 g/mol. The predicted molar refractivity (Wildman–Crippen MR) is 87.0 cm³/mol. The lowest BCUT2D eigenvalue weighted by molar-refractivity contribution is -0.393. The van der Waals surface area contributed by atoms with E-state index in [1.165, 1.54) is 12.1 Å². The Balaban J connectivity index is 1.77. The third-order valence-corrected chi connectivity index (χ3v) is 4.28. The summed E-state index contributed by atoms with van der Waals surface area (Å²) in [4.78, 5) is 22.9. The van der Waals surface area contributed by atoms with Gasteiger partial charge in [0.15, 0.2) is 0 Å². The van der Waals surface area contributed by atoms with Crippen molar-refractivity contribution >= 4 is 17.1 Å². The van der Waals surface area contributed by atoms with E-state index < -0.39 is 9.85 Å². The van der Waals surface area contributed by atoms with Gasteiger partial charge in [0.1, 0.15) is 5.69 Å². The maximum atomic E-state index is 11.3. The molecule has 0 bridgehead atoms. The third-order valence-electron chi connectivity index (χ3n) is 4.28. The quantitative estimate of drug-likeness (QED) is 0.614. The van der Waals surface area contributed by atoms with Gasteiger partial charge in [0, 0.05) is 32.4 Å². The smallest absolute Gasteiger partial charge is 0.299 e. The lowest BCUT2D eigenvalue weighted by Gasteiger charge is -2.18.